The molecule has 0 aliphatic heterocycles. The fourth-order valence-electron chi connectivity index (χ4n) is 1.43. The second kappa shape index (κ2) is 7.96. The van der Waals surface area contributed by atoms with Crippen LogP contribution in [0.5, 0.6) is 5.75 Å². The summed E-state index contributed by atoms with van der Waals surface area (Å²) in [7, 11) is 0. The molecule has 1 aromatic carbocycles. The molecule has 114 valence electrons. The van der Waals surface area contributed by atoms with Crippen molar-refractivity contribution in [1.29, 1.82) is 0 Å². The zero-order valence-corrected chi connectivity index (χ0v) is 11.7. The summed E-state index contributed by atoms with van der Waals surface area (Å²) in [5.41, 5.74) is -0.456. The Bertz CT molecular complexity index is 646. The SMILES string of the molecule is CCC(=O)Oc1cccc(Nc2nc(C(F)(F)F)cs2)c1.[NaH]. The first-order valence-electron chi connectivity index (χ1n) is 5.99. The third-order valence-electron chi connectivity index (χ3n) is 2.40. The minimum atomic E-state index is -4.46. The Hall–Kier alpha value is -1.09. The topological polar surface area (TPSA) is 51.2 Å². The number of carbonyl (C=O) groups is 1. The summed E-state index contributed by atoms with van der Waals surface area (Å²) in [6.07, 6.45) is -4.23. The van der Waals surface area contributed by atoms with Crippen LogP contribution in [-0.4, -0.2) is 40.5 Å². The van der Waals surface area contributed by atoms with E-state index in [0.29, 0.717) is 11.4 Å². The van der Waals surface area contributed by atoms with Crippen molar-refractivity contribution in [2.45, 2.75) is 19.5 Å². The monoisotopic (exact) mass is 340 g/mol. The second-order valence-corrected chi connectivity index (χ2v) is 4.87. The van der Waals surface area contributed by atoms with Crippen molar-refractivity contribution in [1.82, 2.24) is 4.98 Å². The van der Waals surface area contributed by atoms with Crippen molar-refractivity contribution in [2.24, 2.45) is 0 Å². The van der Waals surface area contributed by atoms with Crippen LogP contribution >= 0.6 is 11.3 Å². The van der Waals surface area contributed by atoms with Crippen LogP contribution in [0.4, 0.5) is 24.0 Å². The van der Waals surface area contributed by atoms with Gasteiger partial charge in [-0.3, -0.25) is 4.79 Å². The number of ether oxygens (including phenoxy) is 1. The predicted octanol–water partition coefficient (Wildman–Crippen LogP) is 3.57. The Morgan fingerprint density at radius 1 is 1.41 bits per heavy atom. The molecule has 0 fully saturated rings. The molecule has 1 N–H and O–H groups in total. The molecule has 0 atom stereocenters. The number of anilines is 2. The maximum absolute atomic E-state index is 12.4. The number of thiazole rings is 1. The van der Waals surface area contributed by atoms with Gasteiger partial charge in [-0.25, -0.2) is 4.98 Å². The second-order valence-electron chi connectivity index (χ2n) is 4.02. The molecule has 0 amide bonds. The van der Waals surface area contributed by atoms with Gasteiger partial charge in [0.25, 0.3) is 0 Å². The third-order valence-corrected chi connectivity index (χ3v) is 3.16. The van der Waals surface area contributed by atoms with E-state index in [-0.39, 0.29) is 47.1 Å². The number of nitrogens with zero attached hydrogens (tertiary/aromatic N) is 1. The molecule has 2 aromatic rings. The number of hydrogen-bond donors (Lipinski definition) is 1. The molecule has 4 nitrogen and oxygen atoms in total. The van der Waals surface area contributed by atoms with Gasteiger partial charge in [-0.1, -0.05) is 13.0 Å². The summed E-state index contributed by atoms with van der Waals surface area (Å²) in [4.78, 5) is 14.6. The zero-order valence-electron chi connectivity index (χ0n) is 10.9. The molecule has 0 unspecified atom stereocenters. The van der Waals surface area contributed by atoms with Gasteiger partial charge in [0.2, 0.25) is 0 Å². The van der Waals surface area contributed by atoms with Crippen LogP contribution in [0.2, 0.25) is 0 Å². The van der Waals surface area contributed by atoms with Gasteiger partial charge in [0.15, 0.2) is 10.8 Å². The first kappa shape index (κ1) is 19.0. The first-order chi connectivity index (χ1) is 9.88. The van der Waals surface area contributed by atoms with E-state index in [1.807, 2.05) is 0 Å². The number of rotatable bonds is 4. The Morgan fingerprint density at radius 2 is 2.14 bits per heavy atom. The Morgan fingerprint density at radius 3 is 2.73 bits per heavy atom. The molecule has 0 radical (unpaired) electrons. The average Bonchev–Trinajstić information content (AvgIpc) is 2.87. The van der Waals surface area contributed by atoms with Gasteiger partial charge in [-0.15, -0.1) is 11.3 Å². The number of aromatic nitrogens is 1. The molecule has 22 heavy (non-hydrogen) atoms. The number of halogens is 3. The summed E-state index contributed by atoms with van der Waals surface area (Å²) in [6, 6.07) is 6.36. The van der Waals surface area contributed by atoms with Crippen molar-refractivity contribution in [3.05, 3.63) is 35.3 Å². The summed E-state index contributed by atoms with van der Waals surface area (Å²) < 4.78 is 42.4. The molecule has 1 aromatic heterocycles. The summed E-state index contributed by atoms with van der Waals surface area (Å²) >= 11 is 0.846. The van der Waals surface area contributed by atoms with Crippen LogP contribution in [0, 0.1) is 0 Å². The van der Waals surface area contributed by atoms with Crippen LogP contribution in [0.15, 0.2) is 29.6 Å². The molecular formula is C13H12F3N2NaO2S. The fourth-order valence-corrected chi connectivity index (χ4v) is 2.16. The van der Waals surface area contributed by atoms with E-state index < -0.39 is 11.9 Å². The Kier molecular flexibility index (Phi) is 6.86. The average molecular weight is 340 g/mol. The van der Waals surface area contributed by atoms with Crippen molar-refractivity contribution in [3.63, 3.8) is 0 Å². The molecular weight excluding hydrogens is 328 g/mol. The molecule has 2 rings (SSSR count). The molecule has 9 heteroatoms. The van der Waals surface area contributed by atoms with Gasteiger partial charge in [-0.2, -0.15) is 13.2 Å². The van der Waals surface area contributed by atoms with E-state index in [0.717, 1.165) is 16.7 Å². The molecule has 0 aliphatic rings. The molecule has 1 heterocycles. The van der Waals surface area contributed by atoms with Crippen LogP contribution in [-0.2, 0) is 11.0 Å². The van der Waals surface area contributed by atoms with Crippen LogP contribution in [0.3, 0.4) is 0 Å². The standard InChI is InChI=1S/C13H11F3N2O2S.Na.H/c1-2-11(19)20-9-5-3-4-8(6-9)17-12-18-10(7-21-12)13(14,15)16;;/h3-7H,2H2,1H3,(H,17,18);;. The van der Waals surface area contributed by atoms with Crippen LogP contribution < -0.4 is 10.1 Å². The van der Waals surface area contributed by atoms with E-state index in [4.69, 9.17) is 4.74 Å². The zero-order chi connectivity index (χ0) is 15.5. The third kappa shape index (κ3) is 5.28. The maximum atomic E-state index is 12.4. The molecule has 0 saturated heterocycles. The number of esters is 1. The van der Waals surface area contributed by atoms with Crippen LogP contribution in [0.25, 0.3) is 0 Å². The summed E-state index contributed by atoms with van der Waals surface area (Å²) in [5.74, 6) is -0.0693. The van der Waals surface area contributed by atoms with E-state index >= 15 is 0 Å². The minimum absolute atomic E-state index is 0. The van der Waals surface area contributed by atoms with E-state index in [2.05, 4.69) is 10.3 Å². The normalized spacial score (nSPS) is 10.7. The van der Waals surface area contributed by atoms with E-state index in [9.17, 15) is 18.0 Å². The first-order valence-corrected chi connectivity index (χ1v) is 6.87. The molecule has 0 spiro atoms. The molecule has 0 aliphatic carbocycles. The summed E-state index contributed by atoms with van der Waals surface area (Å²) in [5, 5.41) is 3.79. The quantitative estimate of drug-likeness (QED) is 0.525. The van der Waals surface area contributed by atoms with Gasteiger partial charge in [0.05, 0.1) is 0 Å². The van der Waals surface area contributed by atoms with Gasteiger partial charge in [-0.05, 0) is 12.1 Å². The fraction of sp³-hybridized carbons (Fsp3) is 0.231. The number of carbonyl (C=O) groups excluding carboxylic acids is 1. The van der Waals surface area contributed by atoms with E-state index in [1.165, 1.54) is 6.07 Å². The van der Waals surface area contributed by atoms with Gasteiger partial charge < -0.3 is 10.1 Å². The van der Waals surface area contributed by atoms with Crippen LogP contribution in [0.1, 0.15) is 19.0 Å². The number of benzene rings is 1. The van der Waals surface area contributed by atoms with Crippen molar-refractivity contribution < 1.29 is 22.7 Å². The van der Waals surface area contributed by atoms with E-state index in [1.54, 1.807) is 25.1 Å². The number of nitrogens with one attached hydrogen (secondary N) is 1. The Labute approximate surface area is 151 Å². The molecule has 0 saturated carbocycles. The van der Waals surface area contributed by atoms with Crippen molar-refractivity contribution in [3.8, 4) is 5.75 Å². The number of alkyl halides is 3. The van der Waals surface area contributed by atoms with Gasteiger partial charge in [0.1, 0.15) is 5.75 Å². The van der Waals surface area contributed by atoms with Gasteiger partial charge >= 0.3 is 41.7 Å². The number of hydrogen-bond acceptors (Lipinski definition) is 5. The molecule has 0 bridgehead atoms. The van der Waals surface area contributed by atoms with Crippen molar-refractivity contribution in [2.75, 3.05) is 5.32 Å². The van der Waals surface area contributed by atoms with Gasteiger partial charge in [0, 0.05) is 23.6 Å². The predicted molar refractivity (Wildman–Crippen MR) is 79.9 cm³/mol. The van der Waals surface area contributed by atoms with Crippen molar-refractivity contribution >= 4 is 57.7 Å². The Balaban J connectivity index is 0.00000242. The summed E-state index contributed by atoms with van der Waals surface area (Å²) in [6.45, 7) is 1.67.